The van der Waals surface area contributed by atoms with E-state index in [2.05, 4.69) is 4.98 Å². The van der Waals surface area contributed by atoms with Crippen LogP contribution < -0.4 is 15.9 Å². The number of alkyl halides is 2. The zero-order valence-corrected chi connectivity index (χ0v) is 15.6. The predicted molar refractivity (Wildman–Crippen MR) is 94.4 cm³/mol. The number of nitrogen functional groups attached to an aromatic ring is 1. The molecule has 0 aliphatic carbocycles. The van der Waals surface area contributed by atoms with Crippen LogP contribution in [0.25, 0.3) is 0 Å². The highest BCUT2D eigenvalue weighted by molar-refractivity contribution is 7.33. The highest BCUT2D eigenvalue weighted by Crippen LogP contribution is 2.48. The molecule has 1 fully saturated rings. The Bertz CT molecular complexity index is 928. The van der Waals surface area contributed by atoms with Crippen LogP contribution >= 0.6 is 8.25 Å². The molecule has 0 radical (unpaired) electrons. The van der Waals surface area contributed by atoms with Crippen LogP contribution in [0.2, 0.25) is 0 Å². The Morgan fingerprint density at radius 1 is 1.36 bits per heavy atom. The molecular weight excluding hydrogens is 399 g/mol. The summed E-state index contributed by atoms with van der Waals surface area (Å²) >= 11 is 0. The molecule has 0 bridgehead atoms. The summed E-state index contributed by atoms with van der Waals surface area (Å²) in [6, 6.07) is 9.17. The first-order chi connectivity index (χ1) is 13.1. The van der Waals surface area contributed by atoms with Crippen molar-refractivity contribution < 1.29 is 32.2 Å². The average Bonchev–Trinajstić information content (AvgIpc) is 2.82. The van der Waals surface area contributed by atoms with Gasteiger partial charge in [-0.25, -0.2) is 18.1 Å². The van der Waals surface area contributed by atoms with Gasteiger partial charge in [0.15, 0.2) is 18.0 Å². The third-order valence-electron chi connectivity index (χ3n) is 4.17. The Hall–Kier alpha value is -2.33. The lowest BCUT2D eigenvalue weighted by Crippen LogP contribution is -2.47. The van der Waals surface area contributed by atoms with Gasteiger partial charge in [-0.3, -0.25) is 9.09 Å². The van der Waals surface area contributed by atoms with Crippen LogP contribution in [0.1, 0.15) is 13.2 Å². The fourth-order valence-electron chi connectivity index (χ4n) is 2.74. The third kappa shape index (κ3) is 3.93. The van der Waals surface area contributed by atoms with E-state index in [1.54, 1.807) is 18.2 Å². The van der Waals surface area contributed by atoms with Gasteiger partial charge >= 0.3 is 13.9 Å². The fourth-order valence-corrected chi connectivity index (χ4v) is 3.44. The quantitative estimate of drug-likeness (QED) is 0.679. The number of aromatic nitrogens is 2. The molecule has 28 heavy (non-hydrogen) atoms. The Morgan fingerprint density at radius 3 is 2.68 bits per heavy atom. The molecule has 2 aromatic rings. The van der Waals surface area contributed by atoms with Gasteiger partial charge in [0.1, 0.15) is 18.2 Å². The lowest BCUT2D eigenvalue weighted by atomic mass is 9.97. The smallest absolute Gasteiger partial charge is 0.368 e. The van der Waals surface area contributed by atoms with Crippen LogP contribution in [-0.4, -0.2) is 38.9 Å². The molecule has 0 spiro atoms. The number of rotatable bonds is 6. The zero-order chi connectivity index (χ0) is 20.5. The minimum atomic E-state index is -3.22. The van der Waals surface area contributed by atoms with Crippen LogP contribution in [0.3, 0.4) is 0 Å². The molecule has 1 saturated heterocycles. The van der Waals surface area contributed by atoms with Crippen LogP contribution in [-0.2, 0) is 13.8 Å². The van der Waals surface area contributed by atoms with Gasteiger partial charge in [-0.05, 0) is 25.1 Å². The van der Waals surface area contributed by atoms with Crippen molar-refractivity contribution in [1.29, 1.82) is 0 Å². The minimum Gasteiger partial charge on any atom is -0.426 e. The number of benzene rings is 1. The van der Waals surface area contributed by atoms with E-state index in [0.29, 0.717) is 4.57 Å². The monoisotopic (exact) mass is 417 g/mol. The molecule has 1 aromatic heterocycles. The summed E-state index contributed by atoms with van der Waals surface area (Å²) in [5, 5.41) is 10.1. The Kier molecular flexibility index (Phi) is 5.53. The van der Waals surface area contributed by atoms with E-state index < -0.39 is 44.4 Å². The summed E-state index contributed by atoms with van der Waals surface area (Å²) in [5.41, 5.74) is 1.65. The van der Waals surface area contributed by atoms with Crippen molar-refractivity contribution in [3.8, 4) is 5.75 Å². The maximum absolute atomic E-state index is 15.1. The number of halogens is 2. The summed E-state index contributed by atoms with van der Waals surface area (Å²) in [4.78, 5) is 15.3. The molecule has 5 atom stereocenters. The molecule has 1 unspecified atom stereocenters. The van der Waals surface area contributed by atoms with E-state index >= 15 is 8.78 Å². The fraction of sp³-hybridized carbons (Fsp3) is 0.375. The van der Waals surface area contributed by atoms with Gasteiger partial charge < -0.3 is 20.1 Å². The van der Waals surface area contributed by atoms with Crippen molar-refractivity contribution in [2.24, 2.45) is 0 Å². The summed E-state index contributed by atoms with van der Waals surface area (Å²) in [6.45, 7) is -0.234. The zero-order valence-electron chi connectivity index (χ0n) is 14.6. The molecule has 0 amide bonds. The van der Waals surface area contributed by atoms with Gasteiger partial charge in [-0.2, -0.15) is 4.98 Å². The number of nitrogens with two attached hydrogens (primary N) is 1. The van der Waals surface area contributed by atoms with E-state index in [0.717, 1.165) is 13.1 Å². The SMILES string of the molecule is C[C@]1(F)[C@H](n2ccc(N)nc2=O)O[C@](F)(CO[PH](=O)Oc2ccccc2)[C@H]1O. The lowest BCUT2D eigenvalue weighted by molar-refractivity contribution is -0.203. The highest BCUT2D eigenvalue weighted by Gasteiger charge is 2.64. The van der Waals surface area contributed by atoms with Gasteiger partial charge in [0.25, 0.3) is 5.85 Å². The van der Waals surface area contributed by atoms with E-state index in [-0.39, 0.29) is 11.6 Å². The summed E-state index contributed by atoms with van der Waals surface area (Å²) in [5.74, 6) is -2.98. The predicted octanol–water partition coefficient (Wildman–Crippen LogP) is 1.59. The first-order valence-corrected chi connectivity index (χ1v) is 9.34. The highest BCUT2D eigenvalue weighted by atomic mass is 31.1. The van der Waals surface area contributed by atoms with Crippen LogP contribution in [0.5, 0.6) is 5.75 Å². The van der Waals surface area contributed by atoms with Crippen molar-refractivity contribution in [2.75, 3.05) is 12.3 Å². The second-order valence-corrected chi connectivity index (χ2v) is 7.30. The molecular formula is C16H18F2N3O6P. The van der Waals surface area contributed by atoms with Gasteiger partial charge in [0.2, 0.25) is 0 Å². The van der Waals surface area contributed by atoms with Gasteiger partial charge in [-0.15, -0.1) is 0 Å². The van der Waals surface area contributed by atoms with Crippen molar-refractivity contribution in [1.82, 2.24) is 9.55 Å². The normalized spacial score (nSPS) is 30.9. The third-order valence-corrected chi connectivity index (χ3v) is 4.95. The van der Waals surface area contributed by atoms with E-state index in [1.807, 2.05) is 0 Å². The molecule has 9 nitrogen and oxygen atoms in total. The number of hydrogen-bond acceptors (Lipinski definition) is 8. The Morgan fingerprint density at radius 2 is 2.04 bits per heavy atom. The number of nitrogens with zero attached hydrogens (tertiary/aromatic N) is 2. The first-order valence-electron chi connectivity index (χ1n) is 8.11. The standard InChI is InChI=1S/C16H18F2N3O6P/c1-15(17)12(22)16(18,9-25-28(24)27-10-5-3-2-4-6-10)26-13(15)21-8-7-11(19)20-14(21)23/h2-8,12-13,22,28H,9H2,1H3,(H2,19,20,23)/t12-,13+,15+,16+/m0/s1. The molecule has 3 rings (SSSR count). The number of para-hydroxylation sites is 1. The maximum atomic E-state index is 15.1. The van der Waals surface area contributed by atoms with Crippen molar-refractivity contribution in [2.45, 2.75) is 30.8 Å². The number of hydrogen-bond donors (Lipinski definition) is 2. The molecule has 1 aromatic carbocycles. The summed E-state index contributed by atoms with van der Waals surface area (Å²) in [7, 11) is -3.22. The number of ether oxygens (including phenoxy) is 1. The lowest BCUT2D eigenvalue weighted by Gasteiger charge is -2.25. The minimum absolute atomic E-state index is 0.119. The number of aliphatic hydroxyl groups is 1. The maximum Gasteiger partial charge on any atom is 0.368 e. The van der Waals surface area contributed by atoms with Crippen molar-refractivity contribution >= 4 is 14.1 Å². The summed E-state index contributed by atoms with van der Waals surface area (Å²) < 4.78 is 57.4. The topological polar surface area (TPSA) is 126 Å². The second kappa shape index (κ2) is 7.59. The van der Waals surface area contributed by atoms with E-state index in [9.17, 15) is 14.5 Å². The second-order valence-electron chi connectivity index (χ2n) is 6.31. The largest absolute Gasteiger partial charge is 0.426 e. The van der Waals surface area contributed by atoms with E-state index in [4.69, 9.17) is 19.5 Å². The van der Waals surface area contributed by atoms with Crippen molar-refractivity contribution in [3.63, 3.8) is 0 Å². The van der Waals surface area contributed by atoms with Gasteiger partial charge in [0, 0.05) is 6.20 Å². The van der Waals surface area contributed by atoms with Gasteiger partial charge in [0.05, 0.1) is 0 Å². The molecule has 2 heterocycles. The first kappa shape index (κ1) is 20.4. The van der Waals surface area contributed by atoms with Gasteiger partial charge in [-0.1, -0.05) is 18.2 Å². The van der Waals surface area contributed by atoms with Crippen LogP contribution in [0.15, 0.2) is 47.4 Å². The number of anilines is 1. The molecule has 0 saturated carbocycles. The molecule has 1 aliphatic rings. The molecule has 152 valence electrons. The van der Waals surface area contributed by atoms with Crippen molar-refractivity contribution in [3.05, 3.63) is 53.1 Å². The van der Waals surface area contributed by atoms with Crippen LogP contribution in [0, 0.1) is 0 Å². The molecule has 3 N–H and O–H groups in total. The molecule has 1 aliphatic heterocycles. The average molecular weight is 417 g/mol. The number of aliphatic hydroxyl groups excluding tert-OH is 1. The van der Waals surface area contributed by atoms with Crippen LogP contribution in [0.4, 0.5) is 14.6 Å². The Labute approximate surface area is 158 Å². The Balaban J connectivity index is 1.74. The molecule has 12 heteroatoms. The van der Waals surface area contributed by atoms with E-state index in [1.165, 1.54) is 18.2 Å². The summed E-state index contributed by atoms with van der Waals surface area (Å²) in [6.07, 6.45) is -3.14.